The van der Waals surface area contributed by atoms with Crippen molar-refractivity contribution in [2.24, 2.45) is 11.1 Å². The Bertz CT molecular complexity index is 81.1. The number of hydrogen-bond acceptors (Lipinski definition) is 2. The van der Waals surface area contributed by atoms with Crippen LogP contribution in [0, 0.1) is 5.92 Å². The lowest BCUT2D eigenvalue weighted by atomic mass is 10.00. The lowest BCUT2D eigenvalue weighted by Crippen LogP contribution is -2.42. The summed E-state index contributed by atoms with van der Waals surface area (Å²) in [6.45, 7) is 7.86. The van der Waals surface area contributed by atoms with E-state index in [0.29, 0.717) is 5.92 Å². The largest absolute Gasteiger partial charge is 0.598 e. The Hall–Kier alpha value is 0.270. The second-order valence-corrected chi connectivity index (χ2v) is 4.70. The molecule has 0 heterocycles. The zero-order chi connectivity index (χ0) is 7.65. The predicted octanol–water partition coefficient (Wildman–Crippen LogP) is 1.04. The van der Waals surface area contributed by atoms with Gasteiger partial charge in [0.2, 0.25) is 0 Å². The molecule has 0 rings (SSSR count). The van der Waals surface area contributed by atoms with Gasteiger partial charge in [0.1, 0.15) is 4.75 Å². The van der Waals surface area contributed by atoms with Crippen LogP contribution in [-0.4, -0.2) is 9.30 Å². The van der Waals surface area contributed by atoms with E-state index in [9.17, 15) is 4.55 Å². The Labute approximate surface area is 60.1 Å². The molecule has 0 aromatic heterocycles. The first-order chi connectivity index (χ1) is 3.89. The third-order valence-electron chi connectivity index (χ3n) is 1.91. The molecule has 1 atom stereocenters. The van der Waals surface area contributed by atoms with Crippen molar-refractivity contribution in [1.82, 2.24) is 0 Å². The zero-order valence-corrected chi connectivity index (χ0v) is 7.29. The average Bonchev–Trinajstić information content (AvgIpc) is 1.65. The predicted molar refractivity (Wildman–Crippen MR) is 41.2 cm³/mol. The van der Waals surface area contributed by atoms with Crippen LogP contribution in [0.2, 0.25) is 0 Å². The van der Waals surface area contributed by atoms with Gasteiger partial charge in [0.25, 0.3) is 0 Å². The Morgan fingerprint density at radius 3 is 1.78 bits per heavy atom. The molecule has 0 spiro atoms. The van der Waals surface area contributed by atoms with E-state index in [2.05, 4.69) is 0 Å². The van der Waals surface area contributed by atoms with Crippen molar-refractivity contribution in [1.29, 1.82) is 0 Å². The van der Waals surface area contributed by atoms with Gasteiger partial charge >= 0.3 is 0 Å². The van der Waals surface area contributed by atoms with Crippen molar-refractivity contribution in [2.45, 2.75) is 32.4 Å². The maximum absolute atomic E-state index is 10.8. The Morgan fingerprint density at radius 1 is 1.44 bits per heavy atom. The van der Waals surface area contributed by atoms with E-state index in [1.165, 1.54) is 0 Å². The van der Waals surface area contributed by atoms with Gasteiger partial charge in [0.05, 0.1) is 0 Å². The molecule has 0 aliphatic rings. The van der Waals surface area contributed by atoms with Crippen molar-refractivity contribution in [3.05, 3.63) is 0 Å². The van der Waals surface area contributed by atoms with Gasteiger partial charge in [0.15, 0.2) is 0 Å². The average molecular weight is 149 g/mol. The molecule has 56 valence electrons. The van der Waals surface area contributed by atoms with E-state index in [1.807, 2.05) is 27.7 Å². The highest BCUT2D eigenvalue weighted by Crippen LogP contribution is 2.22. The Kier molecular flexibility index (Phi) is 2.99. The van der Waals surface area contributed by atoms with Crippen LogP contribution in [0.15, 0.2) is 0 Å². The molecule has 0 amide bonds. The van der Waals surface area contributed by atoms with E-state index in [0.717, 1.165) is 0 Å². The molecule has 3 heteroatoms. The molecular weight excluding hydrogens is 134 g/mol. The minimum Gasteiger partial charge on any atom is -0.598 e. The topological polar surface area (TPSA) is 49.1 Å². The fourth-order valence-electron chi connectivity index (χ4n) is 0.232. The molecule has 0 aromatic carbocycles. The summed E-state index contributed by atoms with van der Waals surface area (Å²) in [5, 5.41) is 5.24. The minimum atomic E-state index is -1.21. The van der Waals surface area contributed by atoms with Crippen LogP contribution in [0.3, 0.4) is 0 Å². The summed E-state index contributed by atoms with van der Waals surface area (Å²) in [5.41, 5.74) is 0. The third-order valence-corrected chi connectivity index (χ3v) is 3.42. The lowest BCUT2D eigenvalue weighted by Gasteiger charge is -2.27. The maximum atomic E-state index is 10.8. The van der Waals surface area contributed by atoms with Gasteiger partial charge in [-0.05, 0) is 13.8 Å². The third kappa shape index (κ3) is 2.16. The van der Waals surface area contributed by atoms with Crippen molar-refractivity contribution < 1.29 is 4.55 Å². The first-order valence-corrected chi connectivity index (χ1v) is 4.26. The van der Waals surface area contributed by atoms with E-state index < -0.39 is 11.4 Å². The summed E-state index contributed by atoms with van der Waals surface area (Å²) >= 11 is -1.21. The molecular formula is C6H15NOS. The molecule has 0 unspecified atom stereocenters. The number of rotatable bonds is 2. The number of hydrogen-bond donors (Lipinski definition) is 1. The van der Waals surface area contributed by atoms with E-state index >= 15 is 0 Å². The SMILES string of the molecule is CC(C)C(C)(C)[S@@+](N)[O-]. The fraction of sp³-hybridized carbons (Fsp3) is 1.00. The van der Waals surface area contributed by atoms with Gasteiger partial charge in [0, 0.05) is 17.3 Å². The summed E-state index contributed by atoms with van der Waals surface area (Å²) in [5.74, 6) is 0.364. The normalized spacial score (nSPS) is 16.3. The van der Waals surface area contributed by atoms with Crippen LogP contribution in [0.1, 0.15) is 27.7 Å². The number of nitrogens with two attached hydrogens (primary N) is 1. The van der Waals surface area contributed by atoms with Crippen molar-refractivity contribution in [3.8, 4) is 0 Å². The molecule has 0 saturated heterocycles. The minimum absolute atomic E-state index is 0.250. The van der Waals surface area contributed by atoms with Gasteiger partial charge in [-0.3, -0.25) is 0 Å². The molecule has 0 bridgehead atoms. The van der Waals surface area contributed by atoms with Gasteiger partial charge in [-0.2, -0.15) is 5.14 Å². The van der Waals surface area contributed by atoms with Crippen molar-refractivity contribution in [3.63, 3.8) is 0 Å². The van der Waals surface area contributed by atoms with Crippen LogP contribution in [0.4, 0.5) is 0 Å². The molecule has 2 nitrogen and oxygen atoms in total. The van der Waals surface area contributed by atoms with Crippen LogP contribution < -0.4 is 5.14 Å². The van der Waals surface area contributed by atoms with Crippen molar-refractivity contribution in [2.75, 3.05) is 0 Å². The molecule has 2 N–H and O–H groups in total. The van der Waals surface area contributed by atoms with Crippen LogP contribution in [-0.2, 0) is 11.4 Å². The second kappa shape index (κ2) is 2.90. The van der Waals surface area contributed by atoms with E-state index in [-0.39, 0.29) is 4.75 Å². The quantitative estimate of drug-likeness (QED) is 0.596. The highest BCUT2D eigenvalue weighted by Gasteiger charge is 2.33. The Balaban J connectivity index is 4.01. The maximum Gasteiger partial charge on any atom is 0.141 e. The zero-order valence-electron chi connectivity index (χ0n) is 6.47. The summed E-state index contributed by atoms with van der Waals surface area (Å²) in [6.07, 6.45) is 0. The van der Waals surface area contributed by atoms with Crippen LogP contribution in [0.5, 0.6) is 0 Å². The molecule has 0 aliphatic heterocycles. The molecule has 0 fully saturated rings. The second-order valence-electron chi connectivity index (χ2n) is 3.06. The summed E-state index contributed by atoms with van der Waals surface area (Å²) in [6, 6.07) is 0. The standard InChI is InChI=1S/C6H15NOS/c1-5(2)6(3,4)9(7)8/h5H,7H2,1-4H3/t9-/m0/s1. The van der Waals surface area contributed by atoms with E-state index in [1.54, 1.807) is 0 Å². The van der Waals surface area contributed by atoms with Crippen LogP contribution >= 0.6 is 0 Å². The summed E-state index contributed by atoms with van der Waals surface area (Å²) in [7, 11) is 0. The monoisotopic (exact) mass is 149 g/mol. The van der Waals surface area contributed by atoms with E-state index in [4.69, 9.17) is 5.14 Å². The molecule has 0 aliphatic carbocycles. The summed E-state index contributed by atoms with van der Waals surface area (Å²) < 4.78 is 10.5. The van der Waals surface area contributed by atoms with Gasteiger partial charge in [-0.1, -0.05) is 13.8 Å². The first-order valence-electron chi connectivity index (χ1n) is 3.05. The fourth-order valence-corrected chi connectivity index (χ4v) is 0.697. The first kappa shape index (κ1) is 9.27. The van der Waals surface area contributed by atoms with Gasteiger partial charge < -0.3 is 4.55 Å². The molecule has 0 aromatic rings. The molecule has 9 heavy (non-hydrogen) atoms. The summed E-state index contributed by atoms with van der Waals surface area (Å²) in [4.78, 5) is 0. The Morgan fingerprint density at radius 2 is 1.78 bits per heavy atom. The molecule has 0 saturated carbocycles. The van der Waals surface area contributed by atoms with Crippen molar-refractivity contribution >= 4 is 11.4 Å². The van der Waals surface area contributed by atoms with Crippen LogP contribution in [0.25, 0.3) is 0 Å². The highest BCUT2D eigenvalue weighted by molar-refractivity contribution is 7.90. The smallest absolute Gasteiger partial charge is 0.141 e. The molecule has 0 radical (unpaired) electrons. The highest BCUT2D eigenvalue weighted by atomic mass is 32.2. The van der Waals surface area contributed by atoms with Gasteiger partial charge in [-0.25, -0.2) is 0 Å². The van der Waals surface area contributed by atoms with Gasteiger partial charge in [-0.15, -0.1) is 0 Å². The lowest BCUT2D eigenvalue weighted by molar-refractivity contribution is 0.454.